The van der Waals surface area contributed by atoms with E-state index >= 15 is 0 Å². The molecular weight excluding hydrogens is 326 g/mol. The second-order valence-electron chi connectivity index (χ2n) is 7.61. The molecule has 1 amide bonds. The Hall–Kier alpha value is -1.59. The van der Waals surface area contributed by atoms with E-state index in [-0.39, 0.29) is 11.9 Å². The van der Waals surface area contributed by atoms with Gasteiger partial charge in [0, 0.05) is 38.4 Å². The van der Waals surface area contributed by atoms with E-state index in [1.54, 1.807) is 0 Å². The Kier molecular flexibility index (Phi) is 6.92. The monoisotopic (exact) mass is 359 g/mol. The van der Waals surface area contributed by atoms with E-state index in [1.165, 1.54) is 37.8 Å². The van der Waals surface area contributed by atoms with Crippen molar-refractivity contribution < 1.29 is 9.53 Å². The first-order valence-corrected chi connectivity index (χ1v) is 10.1. The number of ether oxygens (including phenoxy) is 1. The van der Waals surface area contributed by atoms with Crippen molar-refractivity contribution in [2.45, 2.75) is 57.7 Å². The zero-order chi connectivity index (χ0) is 18.4. The third kappa shape index (κ3) is 4.98. The molecule has 1 saturated carbocycles. The molecule has 3 rings (SSSR count). The van der Waals surface area contributed by atoms with Gasteiger partial charge in [0.2, 0.25) is 5.91 Å². The summed E-state index contributed by atoms with van der Waals surface area (Å²) in [6, 6.07) is 9.20. The highest BCUT2D eigenvalue weighted by Crippen LogP contribution is 2.26. The molecule has 2 aliphatic rings. The Morgan fingerprint density at radius 3 is 2.50 bits per heavy atom. The average Bonchev–Trinajstić information content (AvgIpc) is 2.72. The van der Waals surface area contributed by atoms with Crippen LogP contribution in [-0.2, 0) is 16.1 Å². The Labute approximate surface area is 157 Å². The summed E-state index contributed by atoms with van der Waals surface area (Å²) in [7, 11) is 2.21. The molecule has 5 heteroatoms. The van der Waals surface area contributed by atoms with E-state index < -0.39 is 0 Å². The topological polar surface area (TPSA) is 44.8 Å². The molecule has 2 fully saturated rings. The van der Waals surface area contributed by atoms with Crippen LogP contribution in [0.25, 0.3) is 0 Å². The van der Waals surface area contributed by atoms with Crippen LogP contribution in [-0.4, -0.2) is 56.2 Å². The van der Waals surface area contributed by atoms with Crippen molar-refractivity contribution >= 4 is 11.6 Å². The second kappa shape index (κ2) is 9.38. The van der Waals surface area contributed by atoms with Gasteiger partial charge in [0.1, 0.15) is 0 Å². The molecule has 0 radical (unpaired) electrons. The maximum Gasteiger partial charge on any atom is 0.237 e. The highest BCUT2D eigenvalue weighted by Gasteiger charge is 2.23. The molecule has 1 saturated heterocycles. The van der Waals surface area contributed by atoms with Crippen LogP contribution in [0.1, 0.15) is 44.6 Å². The van der Waals surface area contributed by atoms with Crippen molar-refractivity contribution in [2.75, 3.05) is 38.3 Å². The Balaban J connectivity index is 1.48. The molecule has 1 unspecified atom stereocenters. The summed E-state index contributed by atoms with van der Waals surface area (Å²) >= 11 is 0. The molecule has 0 bridgehead atoms. The highest BCUT2D eigenvalue weighted by molar-refractivity contribution is 5.81. The number of amides is 1. The van der Waals surface area contributed by atoms with Gasteiger partial charge in [-0.25, -0.2) is 0 Å². The van der Waals surface area contributed by atoms with E-state index in [4.69, 9.17) is 4.74 Å². The lowest BCUT2D eigenvalue weighted by Gasteiger charge is -2.33. The molecular formula is C21H33N3O2. The number of carbonyl (C=O) groups is 1. The van der Waals surface area contributed by atoms with Gasteiger partial charge in [-0.3, -0.25) is 9.69 Å². The van der Waals surface area contributed by atoms with Crippen LogP contribution in [0.2, 0.25) is 0 Å². The molecule has 144 valence electrons. The van der Waals surface area contributed by atoms with Crippen LogP contribution in [0.5, 0.6) is 0 Å². The van der Waals surface area contributed by atoms with E-state index in [0.717, 1.165) is 18.7 Å². The predicted octanol–water partition coefficient (Wildman–Crippen LogP) is 2.79. The van der Waals surface area contributed by atoms with Gasteiger partial charge in [-0.05, 0) is 37.5 Å². The van der Waals surface area contributed by atoms with Crippen LogP contribution in [0.3, 0.4) is 0 Å². The van der Waals surface area contributed by atoms with Gasteiger partial charge in [-0.15, -0.1) is 0 Å². The number of rotatable bonds is 6. The van der Waals surface area contributed by atoms with Gasteiger partial charge >= 0.3 is 0 Å². The van der Waals surface area contributed by atoms with Crippen molar-refractivity contribution in [1.29, 1.82) is 0 Å². The number of morpholine rings is 1. The number of nitrogens with zero attached hydrogens (tertiary/aromatic N) is 2. The fraction of sp³-hybridized carbons (Fsp3) is 0.667. The normalized spacial score (nSPS) is 20.5. The zero-order valence-electron chi connectivity index (χ0n) is 16.2. The van der Waals surface area contributed by atoms with Crippen LogP contribution < -0.4 is 10.2 Å². The van der Waals surface area contributed by atoms with E-state index in [0.29, 0.717) is 25.8 Å². The van der Waals surface area contributed by atoms with E-state index in [9.17, 15) is 4.79 Å². The fourth-order valence-electron chi connectivity index (χ4n) is 4.00. The summed E-state index contributed by atoms with van der Waals surface area (Å²) in [5, 5.41) is 3.07. The lowest BCUT2D eigenvalue weighted by molar-refractivity contribution is -0.127. The van der Waals surface area contributed by atoms with Gasteiger partial charge < -0.3 is 15.0 Å². The van der Waals surface area contributed by atoms with Gasteiger partial charge in [0.05, 0.1) is 19.3 Å². The first-order valence-electron chi connectivity index (χ1n) is 10.1. The lowest BCUT2D eigenvalue weighted by atomic mass is 9.94. The van der Waals surface area contributed by atoms with Gasteiger partial charge in [-0.1, -0.05) is 31.4 Å². The number of carbonyl (C=O) groups excluding carboxylic acids is 1. The zero-order valence-corrected chi connectivity index (χ0v) is 16.2. The van der Waals surface area contributed by atoms with Gasteiger partial charge in [0.25, 0.3) is 0 Å². The lowest BCUT2D eigenvalue weighted by Crippen LogP contribution is -2.49. The maximum absolute atomic E-state index is 12.4. The summed E-state index contributed by atoms with van der Waals surface area (Å²) in [6.07, 6.45) is 6.67. The minimum Gasteiger partial charge on any atom is -0.379 e. The van der Waals surface area contributed by atoms with E-state index in [2.05, 4.69) is 46.4 Å². The number of benzene rings is 1. The minimum atomic E-state index is -0.101. The van der Waals surface area contributed by atoms with Crippen molar-refractivity contribution in [1.82, 2.24) is 10.2 Å². The highest BCUT2D eigenvalue weighted by atomic mass is 16.5. The van der Waals surface area contributed by atoms with Gasteiger partial charge in [0.15, 0.2) is 0 Å². The number of hydrogen-bond acceptors (Lipinski definition) is 4. The van der Waals surface area contributed by atoms with E-state index in [1.807, 2.05) is 6.92 Å². The summed E-state index contributed by atoms with van der Waals surface area (Å²) in [4.78, 5) is 17.0. The van der Waals surface area contributed by atoms with Crippen molar-refractivity contribution in [3.8, 4) is 0 Å². The molecule has 26 heavy (non-hydrogen) atoms. The average molecular weight is 360 g/mol. The fourth-order valence-corrected chi connectivity index (χ4v) is 4.00. The third-order valence-electron chi connectivity index (χ3n) is 5.91. The molecule has 0 spiro atoms. The van der Waals surface area contributed by atoms with Crippen molar-refractivity contribution in [2.24, 2.45) is 0 Å². The van der Waals surface area contributed by atoms with Crippen LogP contribution in [0.15, 0.2) is 24.3 Å². The third-order valence-corrected chi connectivity index (χ3v) is 5.91. The largest absolute Gasteiger partial charge is 0.379 e. The Morgan fingerprint density at radius 2 is 1.85 bits per heavy atom. The first-order chi connectivity index (χ1) is 12.6. The molecule has 1 heterocycles. The Bertz CT molecular complexity index is 563. The summed E-state index contributed by atoms with van der Waals surface area (Å²) in [5.41, 5.74) is 2.42. The minimum absolute atomic E-state index is 0.0929. The van der Waals surface area contributed by atoms with Gasteiger partial charge in [-0.2, -0.15) is 0 Å². The summed E-state index contributed by atoms with van der Waals surface area (Å²) in [5.74, 6) is 0.0929. The molecule has 1 N–H and O–H groups in total. The van der Waals surface area contributed by atoms with Crippen molar-refractivity contribution in [3.05, 3.63) is 29.8 Å². The Morgan fingerprint density at radius 1 is 1.19 bits per heavy atom. The quantitative estimate of drug-likeness (QED) is 0.848. The van der Waals surface area contributed by atoms with Crippen molar-refractivity contribution in [3.63, 3.8) is 0 Å². The standard InChI is InChI=1S/C21H33N3O2/c1-17(24-12-14-26-15-13-24)21(25)22-16-18-8-10-20(11-9-18)23(2)19-6-4-3-5-7-19/h8-11,17,19H,3-7,12-16H2,1-2H3,(H,22,25). The predicted molar refractivity (Wildman–Crippen MR) is 105 cm³/mol. The van der Waals surface area contributed by atoms with Crippen LogP contribution in [0, 0.1) is 0 Å². The maximum atomic E-state index is 12.4. The molecule has 1 aliphatic heterocycles. The molecule has 1 aromatic carbocycles. The summed E-state index contributed by atoms with van der Waals surface area (Å²) in [6.45, 7) is 5.65. The van der Waals surface area contributed by atoms with Crippen LogP contribution in [0.4, 0.5) is 5.69 Å². The second-order valence-corrected chi connectivity index (χ2v) is 7.61. The summed E-state index contributed by atoms with van der Waals surface area (Å²) < 4.78 is 5.36. The van der Waals surface area contributed by atoms with Crippen LogP contribution >= 0.6 is 0 Å². The molecule has 1 atom stereocenters. The first kappa shape index (κ1) is 19.2. The number of hydrogen-bond donors (Lipinski definition) is 1. The SMILES string of the molecule is CC(C(=O)NCc1ccc(N(C)C2CCCCC2)cc1)N1CCOCC1. The molecule has 0 aromatic heterocycles. The number of nitrogens with one attached hydrogen (secondary N) is 1. The molecule has 5 nitrogen and oxygen atoms in total. The molecule has 1 aromatic rings. The smallest absolute Gasteiger partial charge is 0.237 e. The molecule has 1 aliphatic carbocycles. The number of anilines is 1.